The molecule has 0 saturated heterocycles. The molecule has 35 heavy (non-hydrogen) atoms. The van der Waals surface area contributed by atoms with Gasteiger partial charge in [0.25, 0.3) is 0 Å². The molecule has 0 aliphatic carbocycles. The van der Waals surface area contributed by atoms with Gasteiger partial charge < -0.3 is 14.8 Å². The molecule has 0 spiro atoms. The number of carbonyl (C=O) groups excluding carboxylic acids is 1. The molecule has 0 heterocycles. The number of amides is 1. The maximum absolute atomic E-state index is 12.6. The third-order valence-corrected chi connectivity index (χ3v) is 6.80. The summed E-state index contributed by atoms with van der Waals surface area (Å²) in [5.74, 6) is 0.924. The van der Waals surface area contributed by atoms with Crippen molar-refractivity contribution in [2.75, 3.05) is 11.9 Å². The number of nitrogens with one attached hydrogen (secondary N) is 1. The molecule has 0 bridgehead atoms. The zero-order valence-electron chi connectivity index (χ0n) is 20.1. The first-order valence-electron chi connectivity index (χ1n) is 11.2. The topological polar surface area (TPSA) is 47.6 Å². The van der Waals surface area contributed by atoms with E-state index in [9.17, 15) is 4.79 Å². The number of halogens is 3. The highest BCUT2D eigenvalue weighted by atomic mass is 79.9. The van der Waals surface area contributed by atoms with E-state index >= 15 is 0 Å². The van der Waals surface area contributed by atoms with Gasteiger partial charge in [-0.2, -0.15) is 0 Å². The van der Waals surface area contributed by atoms with Crippen LogP contribution in [0.15, 0.2) is 69.6 Å². The van der Waals surface area contributed by atoms with E-state index in [1.807, 2.05) is 61.5 Å². The first-order valence-corrected chi connectivity index (χ1v) is 13.2. The second kappa shape index (κ2) is 12.1. The quantitative estimate of drug-likeness (QED) is 0.256. The lowest BCUT2D eigenvalue weighted by Gasteiger charge is -2.20. The highest BCUT2D eigenvalue weighted by Gasteiger charge is 2.16. The second-order valence-electron chi connectivity index (χ2n) is 8.91. The predicted molar refractivity (Wildman–Crippen MR) is 152 cm³/mol. The molecule has 0 saturated carbocycles. The van der Waals surface area contributed by atoms with Gasteiger partial charge in [-0.15, -0.1) is 0 Å². The van der Waals surface area contributed by atoms with E-state index < -0.39 is 0 Å². The Hall–Kier alpha value is -2.28. The average Bonchev–Trinajstić information content (AvgIpc) is 2.79. The highest BCUT2D eigenvalue weighted by Crippen LogP contribution is 2.38. The van der Waals surface area contributed by atoms with Gasteiger partial charge in [0.05, 0.1) is 16.8 Å². The van der Waals surface area contributed by atoms with Gasteiger partial charge in [-0.3, -0.25) is 4.79 Å². The molecule has 3 aromatic carbocycles. The summed E-state index contributed by atoms with van der Waals surface area (Å²) in [5.41, 5.74) is 3.60. The van der Waals surface area contributed by atoms with Crippen molar-refractivity contribution in [1.82, 2.24) is 0 Å². The first kappa shape index (κ1) is 27.3. The van der Waals surface area contributed by atoms with Crippen LogP contribution in [-0.2, 0) is 16.8 Å². The summed E-state index contributed by atoms with van der Waals surface area (Å²) < 4.78 is 13.4. The highest BCUT2D eigenvalue weighted by molar-refractivity contribution is 9.11. The maximum Gasteiger partial charge on any atom is 0.248 e. The minimum Gasteiger partial charge on any atom is -0.490 e. The molecule has 7 heteroatoms. The van der Waals surface area contributed by atoms with E-state index in [0.29, 0.717) is 35.4 Å². The Morgan fingerprint density at radius 1 is 1.03 bits per heavy atom. The van der Waals surface area contributed by atoms with Crippen molar-refractivity contribution in [2.45, 2.75) is 39.7 Å². The van der Waals surface area contributed by atoms with E-state index in [-0.39, 0.29) is 11.3 Å². The van der Waals surface area contributed by atoms with Crippen LogP contribution >= 0.6 is 43.5 Å². The first-order chi connectivity index (χ1) is 16.6. The normalized spacial score (nSPS) is 11.5. The molecule has 1 amide bonds. The van der Waals surface area contributed by atoms with Gasteiger partial charge in [0.15, 0.2) is 11.5 Å². The third kappa shape index (κ3) is 7.60. The van der Waals surface area contributed by atoms with Crippen LogP contribution in [0.4, 0.5) is 5.69 Å². The standard InChI is InChI=1S/C28H28Br2ClNO3/c1-5-34-25-15-18(14-22(30)27(25)35-17-19-8-6-7-9-23(19)31)10-13-26(33)32-24-12-11-20(16-21(24)29)28(2,3)4/h6-16H,5,17H2,1-4H3,(H,32,33)/b13-10+. The lowest BCUT2D eigenvalue weighted by atomic mass is 9.87. The fraction of sp³-hybridized carbons (Fsp3) is 0.250. The Labute approximate surface area is 228 Å². The molecule has 0 unspecified atom stereocenters. The molecule has 0 aliphatic rings. The Kier molecular flexibility index (Phi) is 9.45. The van der Waals surface area contributed by atoms with Crippen LogP contribution in [0.5, 0.6) is 11.5 Å². The number of anilines is 1. The number of ether oxygens (including phenoxy) is 2. The van der Waals surface area contributed by atoms with Crippen LogP contribution in [0.25, 0.3) is 6.08 Å². The van der Waals surface area contributed by atoms with Crippen LogP contribution in [0.1, 0.15) is 44.4 Å². The molecule has 3 aromatic rings. The molecular formula is C28H28Br2ClNO3. The fourth-order valence-corrected chi connectivity index (χ4v) is 4.52. The van der Waals surface area contributed by atoms with E-state index in [4.69, 9.17) is 21.1 Å². The van der Waals surface area contributed by atoms with Gasteiger partial charge in [-0.25, -0.2) is 0 Å². The van der Waals surface area contributed by atoms with E-state index in [1.165, 1.54) is 11.6 Å². The molecular weight excluding hydrogens is 594 g/mol. The fourth-order valence-electron chi connectivity index (χ4n) is 3.28. The minimum atomic E-state index is -0.234. The summed E-state index contributed by atoms with van der Waals surface area (Å²) in [6.07, 6.45) is 3.23. The summed E-state index contributed by atoms with van der Waals surface area (Å²) >= 11 is 13.4. The van der Waals surface area contributed by atoms with Crippen molar-refractivity contribution < 1.29 is 14.3 Å². The predicted octanol–water partition coefficient (Wildman–Crippen LogP) is 8.79. The summed E-state index contributed by atoms with van der Waals surface area (Å²) in [4.78, 5) is 12.6. The summed E-state index contributed by atoms with van der Waals surface area (Å²) in [6, 6.07) is 17.2. The molecule has 1 N–H and O–H groups in total. The van der Waals surface area contributed by atoms with Gasteiger partial charge in [-0.05, 0) is 91.7 Å². The minimum absolute atomic E-state index is 0.0276. The molecule has 0 aromatic heterocycles. The number of hydrogen-bond acceptors (Lipinski definition) is 3. The zero-order valence-corrected chi connectivity index (χ0v) is 24.1. The van der Waals surface area contributed by atoms with E-state index in [1.54, 1.807) is 6.08 Å². The SMILES string of the molecule is CCOc1cc(/C=C/C(=O)Nc2ccc(C(C)(C)C)cc2Br)cc(Br)c1OCc1ccccc1Cl. The lowest BCUT2D eigenvalue weighted by Crippen LogP contribution is -2.12. The van der Waals surface area contributed by atoms with Gasteiger partial charge in [0, 0.05) is 21.1 Å². The van der Waals surface area contributed by atoms with Crippen molar-refractivity contribution in [3.8, 4) is 11.5 Å². The average molecular weight is 622 g/mol. The molecule has 184 valence electrons. The lowest BCUT2D eigenvalue weighted by molar-refractivity contribution is -0.111. The smallest absolute Gasteiger partial charge is 0.248 e. The Morgan fingerprint density at radius 2 is 1.77 bits per heavy atom. The Bertz CT molecular complexity index is 1240. The van der Waals surface area contributed by atoms with Crippen molar-refractivity contribution in [2.24, 2.45) is 0 Å². The van der Waals surface area contributed by atoms with E-state index in [2.05, 4.69) is 57.9 Å². The van der Waals surface area contributed by atoms with Crippen molar-refractivity contribution in [1.29, 1.82) is 0 Å². The second-order valence-corrected chi connectivity index (χ2v) is 11.0. The van der Waals surface area contributed by atoms with Crippen LogP contribution in [-0.4, -0.2) is 12.5 Å². The number of benzene rings is 3. The van der Waals surface area contributed by atoms with Crippen LogP contribution in [0, 0.1) is 0 Å². The Morgan fingerprint density at radius 3 is 2.43 bits per heavy atom. The molecule has 0 aliphatic heterocycles. The molecule has 0 fully saturated rings. The third-order valence-electron chi connectivity index (χ3n) is 5.18. The van der Waals surface area contributed by atoms with Gasteiger partial charge in [0.1, 0.15) is 6.61 Å². The largest absolute Gasteiger partial charge is 0.490 e. The van der Waals surface area contributed by atoms with Crippen molar-refractivity contribution >= 4 is 61.1 Å². The molecule has 4 nitrogen and oxygen atoms in total. The van der Waals surface area contributed by atoms with Crippen molar-refractivity contribution in [3.05, 3.63) is 91.3 Å². The van der Waals surface area contributed by atoms with Crippen LogP contribution < -0.4 is 14.8 Å². The molecule has 0 atom stereocenters. The van der Waals surface area contributed by atoms with Crippen LogP contribution in [0.2, 0.25) is 5.02 Å². The van der Waals surface area contributed by atoms with Crippen LogP contribution in [0.3, 0.4) is 0 Å². The monoisotopic (exact) mass is 619 g/mol. The number of carbonyl (C=O) groups is 1. The zero-order chi connectivity index (χ0) is 25.6. The molecule has 0 radical (unpaired) electrons. The summed E-state index contributed by atoms with van der Waals surface area (Å²) in [7, 11) is 0. The summed E-state index contributed by atoms with van der Waals surface area (Å²) in [6.45, 7) is 9.14. The van der Waals surface area contributed by atoms with Crippen molar-refractivity contribution in [3.63, 3.8) is 0 Å². The molecule has 3 rings (SSSR count). The Balaban J connectivity index is 1.74. The van der Waals surface area contributed by atoms with Gasteiger partial charge in [0.2, 0.25) is 5.91 Å². The maximum atomic E-state index is 12.6. The summed E-state index contributed by atoms with van der Waals surface area (Å²) in [5, 5.41) is 3.56. The number of hydrogen-bond donors (Lipinski definition) is 1. The number of rotatable bonds is 8. The van der Waals surface area contributed by atoms with Gasteiger partial charge in [-0.1, -0.05) is 56.6 Å². The van der Waals surface area contributed by atoms with Gasteiger partial charge >= 0.3 is 0 Å². The van der Waals surface area contributed by atoms with E-state index in [0.717, 1.165) is 20.1 Å².